The van der Waals surface area contributed by atoms with E-state index in [1.165, 1.54) is 0 Å². The number of aryl methyl sites for hydroxylation is 2. The maximum atomic E-state index is 5.72. The zero-order valence-electron chi connectivity index (χ0n) is 11.2. The number of aromatic amines is 1. The van der Waals surface area contributed by atoms with Gasteiger partial charge in [-0.1, -0.05) is 0 Å². The summed E-state index contributed by atoms with van der Waals surface area (Å²) in [5.74, 6) is 1.36. The van der Waals surface area contributed by atoms with Gasteiger partial charge in [0.25, 0.3) is 0 Å². The third-order valence-electron chi connectivity index (χ3n) is 2.71. The molecule has 0 fully saturated rings. The van der Waals surface area contributed by atoms with Crippen LogP contribution in [0.25, 0.3) is 11.3 Å². The Labute approximate surface area is 107 Å². The Balaban J connectivity index is 2.37. The molecule has 0 aliphatic rings. The number of hydrogen-bond acceptors (Lipinski definition) is 3. The molecule has 18 heavy (non-hydrogen) atoms. The van der Waals surface area contributed by atoms with Gasteiger partial charge in [-0.15, -0.1) is 0 Å². The molecule has 0 aliphatic heterocycles. The minimum absolute atomic E-state index is 0.178. The van der Waals surface area contributed by atoms with Crippen molar-refractivity contribution in [2.75, 3.05) is 5.73 Å². The van der Waals surface area contributed by atoms with Crippen LogP contribution in [0, 0.1) is 13.8 Å². The molecule has 1 aromatic heterocycles. The van der Waals surface area contributed by atoms with Crippen LogP contribution in [-0.2, 0) is 0 Å². The van der Waals surface area contributed by atoms with E-state index in [2.05, 4.69) is 16.0 Å². The molecule has 0 saturated heterocycles. The van der Waals surface area contributed by atoms with Crippen LogP contribution in [0.4, 0.5) is 5.95 Å². The maximum absolute atomic E-state index is 5.72. The SMILES string of the molecule is Cc1cc(-c2nc(N)[nH]c2C)ccc1OC(C)C. The summed E-state index contributed by atoms with van der Waals surface area (Å²) < 4.78 is 5.72. The Morgan fingerprint density at radius 1 is 1.28 bits per heavy atom. The molecule has 2 aromatic rings. The normalized spacial score (nSPS) is 10.9. The van der Waals surface area contributed by atoms with Crippen LogP contribution < -0.4 is 10.5 Å². The van der Waals surface area contributed by atoms with E-state index in [0.717, 1.165) is 28.3 Å². The average Bonchev–Trinajstić information content (AvgIpc) is 2.60. The van der Waals surface area contributed by atoms with Crippen molar-refractivity contribution >= 4 is 5.95 Å². The highest BCUT2D eigenvalue weighted by molar-refractivity contribution is 5.65. The molecule has 1 heterocycles. The van der Waals surface area contributed by atoms with Gasteiger partial charge < -0.3 is 15.5 Å². The molecule has 96 valence electrons. The fourth-order valence-electron chi connectivity index (χ4n) is 1.95. The molecule has 0 aliphatic carbocycles. The summed E-state index contributed by atoms with van der Waals surface area (Å²) in [5, 5.41) is 0. The van der Waals surface area contributed by atoms with Gasteiger partial charge in [0.05, 0.1) is 11.8 Å². The van der Waals surface area contributed by atoms with Crippen molar-refractivity contribution < 1.29 is 4.74 Å². The summed E-state index contributed by atoms with van der Waals surface area (Å²) in [5.41, 5.74) is 9.68. The lowest BCUT2D eigenvalue weighted by Gasteiger charge is -2.13. The van der Waals surface area contributed by atoms with Crippen molar-refractivity contribution in [1.29, 1.82) is 0 Å². The van der Waals surface area contributed by atoms with Crippen LogP contribution >= 0.6 is 0 Å². The number of imidazole rings is 1. The molecular weight excluding hydrogens is 226 g/mol. The Morgan fingerprint density at radius 3 is 2.50 bits per heavy atom. The summed E-state index contributed by atoms with van der Waals surface area (Å²) >= 11 is 0. The predicted octanol–water partition coefficient (Wildman–Crippen LogP) is 3.06. The van der Waals surface area contributed by atoms with Gasteiger partial charge in [0.15, 0.2) is 5.95 Å². The Kier molecular flexibility index (Phi) is 3.28. The summed E-state index contributed by atoms with van der Waals surface area (Å²) in [6, 6.07) is 6.06. The van der Waals surface area contributed by atoms with E-state index in [1.54, 1.807) is 0 Å². The molecule has 0 saturated carbocycles. The van der Waals surface area contributed by atoms with Crippen LogP contribution in [-0.4, -0.2) is 16.1 Å². The van der Waals surface area contributed by atoms with Crippen molar-refractivity contribution in [2.45, 2.75) is 33.8 Å². The number of nitrogens with two attached hydrogens (primary N) is 1. The second-order valence-corrected chi connectivity index (χ2v) is 4.74. The molecule has 0 spiro atoms. The van der Waals surface area contributed by atoms with E-state index in [-0.39, 0.29) is 6.10 Å². The first-order valence-electron chi connectivity index (χ1n) is 6.07. The summed E-state index contributed by atoms with van der Waals surface area (Å²) in [4.78, 5) is 7.30. The number of nitrogen functional groups attached to an aromatic ring is 1. The van der Waals surface area contributed by atoms with Gasteiger partial charge in [-0.25, -0.2) is 4.98 Å². The highest BCUT2D eigenvalue weighted by Gasteiger charge is 2.10. The fourth-order valence-corrected chi connectivity index (χ4v) is 1.95. The van der Waals surface area contributed by atoms with E-state index in [0.29, 0.717) is 5.95 Å². The highest BCUT2D eigenvalue weighted by atomic mass is 16.5. The van der Waals surface area contributed by atoms with Gasteiger partial charge in [-0.05, 0) is 51.5 Å². The van der Waals surface area contributed by atoms with Crippen LogP contribution in [0.5, 0.6) is 5.75 Å². The molecule has 4 nitrogen and oxygen atoms in total. The van der Waals surface area contributed by atoms with Crippen molar-refractivity contribution in [3.05, 3.63) is 29.5 Å². The van der Waals surface area contributed by atoms with E-state index in [4.69, 9.17) is 10.5 Å². The maximum Gasteiger partial charge on any atom is 0.198 e. The lowest BCUT2D eigenvalue weighted by molar-refractivity contribution is 0.241. The van der Waals surface area contributed by atoms with Gasteiger partial charge in [0.1, 0.15) is 5.75 Å². The van der Waals surface area contributed by atoms with E-state index >= 15 is 0 Å². The van der Waals surface area contributed by atoms with Gasteiger partial charge in [-0.2, -0.15) is 0 Å². The number of aromatic nitrogens is 2. The number of nitrogens with zero attached hydrogens (tertiary/aromatic N) is 1. The molecule has 0 radical (unpaired) electrons. The second-order valence-electron chi connectivity index (χ2n) is 4.74. The standard InChI is InChI=1S/C14H19N3O/c1-8(2)18-12-6-5-11(7-9(12)3)13-10(4)16-14(15)17-13/h5-8H,1-4H3,(H3,15,16,17). The number of H-pyrrole nitrogens is 1. The minimum Gasteiger partial charge on any atom is -0.491 e. The van der Waals surface area contributed by atoms with E-state index < -0.39 is 0 Å². The van der Waals surface area contributed by atoms with Crippen LogP contribution in [0.3, 0.4) is 0 Å². The zero-order valence-corrected chi connectivity index (χ0v) is 11.2. The molecule has 2 rings (SSSR count). The molecule has 3 N–H and O–H groups in total. The Morgan fingerprint density at radius 2 is 2.00 bits per heavy atom. The molecular formula is C14H19N3O. The van der Waals surface area contributed by atoms with Gasteiger partial charge in [0.2, 0.25) is 0 Å². The van der Waals surface area contributed by atoms with E-state index in [1.807, 2.05) is 39.8 Å². The molecule has 0 bridgehead atoms. The highest BCUT2D eigenvalue weighted by Crippen LogP contribution is 2.28. The molecule has 0 atom stereocenters. The minimum atomic E-state index is 0.178. The van der Waals surface area contributed by atoms with Crippen LogP contribution in [0.1, 0.15) is 25.1 Å². The monoisotopic (exact) mass is 245 g/mol. The zero-order chi connectivity index (χ0) is 13.3. The van der Waals surface area contributed by atoms with Gasteiger partial charge in [0, 0.05) is 11.3 Å². The number of rotatable bonds is 3. The van der Waals surface area contributed by atoms with Crippen molar-refractivity contribution in [2.24, 2.45) is 0 Å². The lowest BCUT2D eigenvalue weighted by atomic mass is 10.1. The first kappa shape index (κ1) is 12.5. The predicted molar refractivity (Wildman–Crippen MR) is 73.7 cm³/mol. The van der Waals surface area contributed by atoms with Crippen molar-refractivity contribution in [1.82, 2.24) is 9.97 Å². The van der Waals surface area contributed by atoms with Crippen LogP contribution in [0.15, 0.2) is 18.2 Å². The largest absolute Gasteiger partial charge is 0.491 e. The molecule has 0 amide bonds. The molecule has 1 aromatic carbocycles. The molecule has 0 unspecified atom stereocenters. The number of anilines is 1. The summed E-state index contributed by atoms with van der Waals surface area (Å²) in [6.45, 7) is 8.04. The topological polar surface area (TPSA) is 63.9 Å². The number of benzene rings is 1. The Bertz CT molecular complexity index is 558. The third kappa shape index (κ3) is 2.47. The Hall–Kier alpha value is -1.97. The van der Waals surface area contributed by atoms with Crippen molar-refractivity contribution in [3.63, 3.8) is 0 Å². The first-order chi connectivity index (χ1) is 8.47. The van der Waals surface area contributed by atoms with E-state index in [9.17, 15) is 0 Å². The fraction of sp³-hybridized carbons (Fsp3) is 0.357. The lowest BCUT2D eigenvalue weighted by Crippen LogP contribution is -2.06. The third-order valence-corrected chi connectivity index (χ3v) is 2.71. The summed E-state index contributed by atoms with van der Waals surface area (Å²) in [6.07, 6.45) is 0.178. The number of nitrogens with one attached hydrogen (secondary N) is 1. The second kappa shape index (κ2) is 4.72. The average molecular weight is 245 g/mol. The quantitative estimate of drug-likeness (QED) is 0.873. The van der Waals surface area contributed by atoms with Gasteiger partial charge >= 0.3 is 0 Å². The molecule has 4 heteroatoms. The van der Waals surface area contributed by atoms with Crippen LogP contribution in [0.2, 0.25) is 0 Å². The number of ether oxygens (including phenoxy) is 1. The summed E-state index contributed by atoms with van der Waals surface area (Å²) in [7, 11) is 0. The first-order valence-corrected chi connectivity index (χ1v) is 6.07. The van der Waals surface area contributed by atoms with Gasteiger partial charge in [-0.3, -0.25) is 0 Å². The van der Waals surface area contributed by atoms with Crippen molar-refractivity contribution in [3.8, 4) is 17.0 Å². The number of hydrogen-bond donors (Lipinski definition) is 2. The smallest absolute Gasteiger partial charge is 0.198 e.